The molecule has 0 aliphatic carbocycles. The van der Waals surface area contributed by atoms with Crippen LogP contribution in [-0.4, -0.2) is 30.4 Å². The first kappa shape index (κ1) is 14.0. The number of hydrogen-bond acceptors (Lipinski definition) is 4. The van der Waals surface area contributed by atoms with Crippen molar-refractivity contribution >= 4 is 17.5 Å². The molecular formula is C12H18N4O2. The Morgan fingerprint density at radius 1 is 1.44 bits per heavy atom. The van der Waals surface area contributed by atoms with E-state index in [9.17, 15) is 9.59 Å². The number of rotatable bonds is 5. The SMILES string of the molecule is CNc1ccncc1C(=O)NCC(C)(C)C(N)=O. The van der Waals surface area contributed by atoms with Crippen LogP contribution in [0.25, 0.3) is 0 Å². The van der Waals surface area contributed by atoms with Crippen molar-refractivity contribution in [3.8, 4) is 0 Å². The normalized spacial score (nSPS) is 10.8. The Kier molecular flexibility index (Phi) is 4.25. The van der Waals surface area contributed by atoms with Crippen molar-refractivity contribution in [2.24, 2.45) is 11.1 Å². The van der Waals surface area contributed by atoms with Crippen LogP contribution in [0.4, 0.5) is 5.69 Å². The molecule has 0 aliphatic heterocycles. The molecule has 18 heavy (non-hydrogen) atoms. The van der Waals surface area contributed by atoms with Crippen LogP contribution in [-0.2, 0) is 4.79 Å². The zero-order valence-corrected chi connectivity index (χ0v) is 10.8. The maximum atomic E-state index is 12.0. The summed E-state index contributed by atoms with van der Waals surface area (Å²) in [6.45, 7) is 3.54. The lowest BCUT2D eigenvalue weighted by Gasteiger charge is -2.21. The highest BCUT2D eigenvalue weighted by atomic mass is 16.2. The smallest absolute Gasteiger partial charge is 0.254 e. The number of pyridine rings is 1. The zero-order valence-electron chi connectivity index (χ0n) is 10.8. The Hall–Kier alpha value is -2.11. The van der Waals surface area contributed by atoms with Crippen molar-refractivity contribution < 1.29 is 9.59 Å². The molecule has 0 bridgehead atoms. The Morgan fingerprint density at radius 2 is 2.11 bits per heavy atom. The number of amides is 2. The molecule has 0 spiro atoms. The maximum Gasteiger partial charge on any atom is 0.254 e. The van der Waals surface area contributed by atoms with Crippen molar-refractivity contribution in [1.82, 2.24) is 10.3 Å². The van der Waals surface area contributed by atoms with Crippen molar-refractivity contribution in [1.29, 1.82) is 0 Å². The second kappa shape index (κ2) is 5.48. The minimum absolute atomic E-state index is 0.180. The van der Waals surface area contributed by atoms with Gasteiger partial charge >= 0.3 is 0 Å². The predicted molar refractivity (Wildman–Crippen MR) is 69.1 cm³/mol. The molecule has 98 valence electrons. The number of carbonyl (C=O) groups is 2. The first-order valence-corrected chi connectivity index (χ1v) is 5.58. The molecule has 4 N–H and O–H groups in total. The van der Waals surface area contributed by atoms with Crippen molar-refractivity contribution in [2.75, 3.05) is 18.9 Å². The lowest BCUT2D eigenvalue weighted by molar-refractivity contribution is -0.125. The minimum atomic E-state index is -0.780. The molecule has 1 aromatic heterocycles. The first-order valence-electron chi connectivity index (χ1n) is 5.58. The molecule has 0 fully saturated rings. The third-order valence-electron chi connectivity index (χ3n) is 2.69. The van der Waals surface area contributed by atoms with Crippen LogP contribution in [0, 0.1) is 5.41 Å². The Morgan fingerprint density at radius 3 is 2.67 bits per heavy atom. The molecule has 0 aliphatic rings. The van der Waals surface area contributed by atoms with E-state index in [1.54, 1.807) is 33.2 Å². The summed E-state index contributed by atoms with van der Waals surface area (Å²) >= 11 is 0. The fraction of sp³-hybridized carbons (Fsp3) is 0.417. The van der Waals surface area contributed by atoms with Crippen LogP contribution in [0.5, 0.6) is 0 Å². The summed E-state index contributed by atoms with van der Waals surface area (Å²) in [5, 5.41) is 5.58. The van der Waals surface area contributed by atoms with Gasteiger partial charge in [-0.05, 0) is 19.9 Å². The monoisotopic (exact) mass is 250 g/mol. The molecule has 0 saturated heterocycles. The molecule has 1 heterocycles. The fourth-order valence-corrected chi connectivity index (χ4v) is 1.28. The molecule has 0 aromatic carbocycles. The third-order valence-corrected chi connectivity index (χ3v) is 2.69. The second-order valence-electron chi connectivity index (χ2n) is 4.60. The average molecular weight is 250 g/mol. The summed E-state index contributed by atoms with van der Waals surface area (Å²) in [5.74, 6) is -0.746. The van der Waals surface area contributed by atoms with E-state index >= 15 is 0 Å². The average Bonchev–Trinajstić information content (AvgIpc) is 2.35. The predicted octanol–water partition coefficient (Wildman–Crippen LogP) is 0.365. The molecule has 1 rings (SSSR count). The molecule has 0 unspecified atom stereocenters. The highest BCUT2D eigenvalue weighted by molar-refractivity contribution is 5.99. The highest BCUT2D eigenvalue weighted by Gasteiger charge is 2.26. The fourth-order valence-electron chi connectivity index (χ4n) is 1.28. The second-order valence-corrected chi connectivity index (χ2v) is 4.60. The molecular weight excluding hydrogens is 232 g/mol. The van der Waals surface area contributed by atoms with E-state index in [1.807, 2.05) is 0 Å². The van der Waals surface area contributed by atoms with Crippen molar-refractivity contribution in [3.63, 3.8) is 0 Å². The van der Waals surface area contributed by atoms with Crippen LogP contribution in [0.15, 0.2) is 18.5 Å². The minimum Gasteiger partial charge on any atom is -0.387 e. The lowest BCUT2D eigenvalue weighted by atomic mass is 9.92. The van der Waals surface area contributed by atoms with Gasteiger partial charge in [0, 0.05) is 31.7 Å². The van der Waals surface area contributed by atoms with E-state index in [0.29, 0.717) is 11.3 Å². The van der Waals surface area contributed by atoms with Crippen LogP contribution in [0.2, 0.25) is 0 Å². The summed E-state index contributed by atoms with van der Waals surface area (Å²) in [4.78, 5) is 27.0. The molecule has 0 radical (unpaired) electrons. The van der Waals surface area contributed by atoms with Crippen molar-refractivity contribution in [3.05, 3.63) is 24.0 Å². The Labute approximate surface area is 106 Å². The number of anilines is 1. The van der Waals surface area contributed by atoms with Gasteiger partial charge in [0.05, 0.1) is 11.0 Å². The van der Waals surface area contributed by atoms with Crippen LogP contribution < -0.4 is 16.4 Å². The summed E-state index contributed by atoms with van der Waals surface area (Å²) in [6, 6.07) is 1.70. The number of nitrogens with zero attached hydrogens (tertiary/aromatic N) is 1. The molecule has 6 heteroatoms. The van der Waals surface area contributed by atoms with Gasteiger partial charge in [-0.25, -0.2) is 0 Å². The largest absolute Gasteiger partial charge is 0.387 e. The lowest BCUT2D eigenvalue weighted by Crippen LogP contribution is -2.42. The van der Waals surface area contributed by atoms with Gasteiger partial charge in [-0.3, -0.25) is 14.6 Å². The van der Waals surface area contributed by atoms with E-state index in [0.717, 1.165) is 0 Å². The van der Waals surface area contributed by atoms with Gasteiger partial charge in [0.1, 0.15) is 0 Å². The van der Waals surface area contributed by atoms with E-state index in [2.05, 4.69) is 15.6 Å². The standard InChI is InChI=1S/C12H18N4O2/c1-12(2,11(13)18)7-16-10(17)8-6-15-5-4-9(8)14-3/h4-6H,7H2,1-3H3,(H2,13,18)(H,14,15)(H,16,17). The Balaban J connectivity index is 2.75. The summed E-state index contributed by atoms with van der Waals surface area (Å²) in [6.07, 6.45) is 3.06. The van der Waals surface area contributed by atoms with E-state index in [-0.39, 0.29) is 12.5 Å². The zero-order chi connectivity index (χ0) is 13.8. The molecule has 0 atom stereocenters. The topological polar surface area (TPSA) is 97.1 Å². The number of primary amides is 1. The summed E-state index contributed by atoms with van der Waals surface area (Å²) < 4.78 is 0. The first-order chi connectivity index (χ1) is 8.38. The maximum absolute atomic E-state index is 12.0. The molecule has 1 aromatic rings. The number of nitrogens with one attached hydrogen (secondary N) is 2. The molecule has 6 nitrogen and oxygen atoms in total. The van der Waals surface area contributed by atoms with Gasteiger partial charge in [0.15, 0.2) is 0 Å². The van der Waals surface area contributed by atoms with Gasteiger partial charge in [0.2, 0.25) is 5.91 Å². The van der Waals surface area contributed by atoms with Crippen LogP contribution in [0.3, 0.4) is 0 Å². The quantitative estimate of drug-likeness (QED) is 0.703. The number of carbonyl (C=O) groups excluding carboxylic acids is 2. The summed E-state index contributed by atoms with van der Waals surface area (Å²) in [5.41, 5.74) is 5.57. The van der Waals surface area contributed by atoms with Gasteiger partial charge in [-0.1, -0.05) is 0 Å². The highest BCUT2D eigenvalue weighted by Crippen LogP contribution is 2.15. The summed E-state index contributed by atoms with van der Waals surface area (Å²) in [7, 11) is 1.72. The van der Waals surface area contributed by atoms with Gasteiger partial charge in [0.25, 0.3) is 5.91 Å². The number of nitrogens with two attached hydrogens (primary N) is 1. The van der Waals surface area contributed by atoms with Crippen LogP contribution >= 0.6 is 0 Å². The third kappa shape index (κ3) is 3.19. The molecule has 2 amide bonds. The van der Waals surface area contributed by atoms with E-state index in [1.165, 1.54) is 6.20 Å². The Bertz CT molecular complexity index is 457. The number of aromatic nitrogens is 1. The molecule has 0 saturated carbocycles. The van der Waals surface area contributed by atoms with Crippen molar-refractivity contribution in [2.45, 2.75) is 13.8 Å². The van der Waals surface area contributed by atoms with Gasteiger partial charge in [-0.2, -0.15) is 0 Å². The van der Waals surface area contributed by atoms with Gasteiger partial charge < -0.3 is 16.4 Å². The van der Waals surface area contributed by atoms with Gasteiger partial charge in [-0.15, -0.1) is 0 Å². The van der Waals surface area contributed by atoms with E-state index in [4.69, 9.17) is 5.73 Å². The van der Waals surface area contributed by atoms with E-state index < -0.39 is 11.3 Å². The van der Waals surface area contributed by atoms with Crippen LogP contribution in [0.1, 0.15) is 24.2 Å². The number of hydrogen-bond donors (Lipinski definition) is 3.